The number of rotatable bonds is 1. The summed E-state index contributed by atoms with van der Waals surface area (Å²) in [5.41, 5.74) is 6.05. The number of fused-ring (bicyclic) bond motifs is 7. The Kier molecular flexibility index (Phi) is 2.88. The molecule has 4 aromatic carbocycles. The first kappa shape index (κ1) is 16.0. The van der Waals surface area contributed by atoms with Gasteiger partial charge in [-0.05, 0) is 46.5 Å². The van der Waals surface area contributed by atoms with Crippen LogP contribution in [-0.2, 0) is 0 Å². The molecule has 0 N–H and O–H groups in total. The van der Waals surface area contributed by atoms with Crippen molar-refractivity contribution < 1.29 is 0 Å². The van der Waals surface area contributed by atoms with Gasteiger partial charge in [-0.2, -0.15) is 0 Å². The molecule has 0 amide bonds. The Morgan fingerprint density at radius 1 is 0.700 bits per heavy atom. The fraction of sp³-hybridized carbons (Fsp3) is 0.0741. The number of para-hydroxylation sites is 1. The van der Waals surface area contributed by atoms with Crippen molar-refractivity contribution in [3.05, 3.63) is 79.0 Å². The Bertz CT molecular complexity index is 1770. The van der Waals surface area contributed by atoms with Crippen LogP contribution in [-0.4, -0.2) is 23.5 Å². The van der Waals surface area contributed by atoms with E-state index in [0.29, 0.717) is 0 Å². The maximum absolute atomic E-state index is 4.89. The lowest BCUT2D eigenvalue weighted by atomic mass is 9.99. The molecule has 0 bridgehead atoms. The maximum Gasteiger partial charge on any atom is 0.0822 e. The van der Waals surface area contributed by atoms with Crippen molar-refractivity contribution in [3.8, 4) is 0 Å². The SMILES string of the molecule is CN(C)c1cc2ccnc3c4cc5ccccc5cc4n4c5ccccc5c1c4c23. The van der Waals surface area contributed by atoms with Gasteiger partial charge >= 0.3 is 0 Å². The minimum atomic E-state index is 1.08. The number of aromatic nitrogens is 2. The van der Waals surface area contributed by atoms with E-state index in [2.05, 4.69) is 96.2 Å². The number of hydrogen-bond donors (Lipinski definition) is 0. The molecule has 0 aliphatic carbocycles. The smallest absolute Gasteiger partial charge is 0.0822 e. The zero-order chi connectivity index (χ0) is 20.0. The van der Waals surface area contributed by atoms with Crippen LogP contribution in [0.25, 0.3) is 59.8 Å². The molecule has 0 atom stereocenters. The largest absolute Gasteiger partial charge is 0.377 e. The van der Waals surface area contributed by atoms with Crippen LogP contribution in [0.5, 0.6) is 0 Å². The van der Waals surface area contributed by atoms with Crippen LogP contribution in [0.2, 0.25) is 0 Å². The molecule has 0 radical (unpaired) electrons. The monoisotopic (exact) mass is 385 g/mol. The van der Waals surface area contributed by atoms with E-state index in [4.69, 9.17) is 4.98 Å². The standard InChI is InChI=1S/C27H19N3/c1-29(2)23-15-18-11-12-28-26-20-13-16-7-3-4-8-17(16)14-22(20)30-21-10-6-5-9-19(21)25(23)27(30)24(18)26/h3-15H,1-2H3. The van der Waals surface area contributed by atoms with Gasteiger partial charge in [0.25, 0.3) is 0 Å². The van der Waals surface area contributed by atoms with E-state index in [0.717, 1.165) is 5.52 Å². The highest BCUT2D eigenvalue weighted by Crippen LogP contribution is 2.45. The first-order valence-corrected chi connectivity index (χ1v) is 10.3. The van der Waals surface area contributed by atoms with Crippen LogP contribution in [0, 0.1) is 0 Å². The molecule has 7 rings (SSSR count). The summed E-state index contributed by atoms with van der Waals surface area (Å²) in [6.45, 7) is 0. The molecule has 0 aliphatic heterocycles. The summed E-state index contributed by atoms with van der Waals surface area (Å²) in [5.74, 6) is 0. The Morgan fingerprint density at radius 3 is 2.30 bits per heavy atom. The van der Waals surface area contributed by atoms with Crippen molar-refractivity contribution in [3.63, 3.8) is 0 Å². The van der Waals surface area contributed by atoms with Crippen molar-refractivity contribution in [2.75, 3.05) is 19.0 Å². The Labute approximate surface area is 173 Å². The predicted molar refractivity (Wildman–Crippen MR) is 128 cm³/mol. The van der Waals surface area contributed by atoms with Crippen molar-refractivity contribution in [1.29, 1.82) is 0 Å². The molecule has 3 heteroatoms. The van der Waals surface area contributed by atoms with E-state index in [1.807, 2.05) is 6.20 Å². The minimum absolute atomic E-state index is 1.08. The lowest BCUT2D eigenvalue weighted by molar-refractivity contribution is 1.15. The summed E-state index contributed by atoms with van der Waals surface area (Å²) in [4.78, 5) is 7.11. The summed E-state index contributed by atoms with van der Waals surface area (Å²) in [6.07, 6.45) is 1.94. The van der Waals surface area contributed by atoms with Gasteiger partial charge in [0.15, 0.2) is 0 Å². The highest BCUT2D eigenvalue weighted by Gasteiger charge is 2.22. The molecule has 0 aliphatic rings. The highest BCUT2D eigenvalue weighted by atomic mass is 15.1. The van der Waals surface area contributed by atoms with Crippen LogP contribution < -0.4 is 4.90 Å². The van der Waals surface area contributed by atoms with E-state index >= 15 is 0 Å². The van der Waals surface area contributed by atoms with Gasteiger partial charge in [-0.25, -0.2) is 0 Å². The van der Waals surface area contributed by atoms with Gasteiger partial charge in [-0.3, -0.25) is 4.98 Å². The Hall–Kier alpha value is -3.85. The van der Waals surface area contributed by atoms with Crippen molar-refractivity contribution >= 4 is 65.5 Å². The van der Waals surface area contributed by atoms with Crippen LogP contribution in [0.4, 0.5) is 5.69 Å². The molecular weight excluding hydrogens is 366 g/mol. The Balaban J connectivity index is 1.93. The summed E-state index contributed by atoms with van der Waals surface area (Å²) in [5, 5.41) is 8.77. The normalized spacial score (nSPS) is 12.3. The van der Waals surface area contributed by atoms with Crippen LogP contribution in [0.1, 0.15) is 0 Å². The third-order valence-electron chi connectivity index (χ3n) is 6.48. The van der Waals surface area contributed by atoms with E-state index in [9.17, 15) is 0 Å². The zero-order valence-electron chi connectivity index (χ0n) is 16.8. The average molecular weight is 385 g/mol. The number of hydrogen-bond acceptors (Lipinski definition) is 2. The van der Waals surface area contributed by atoms with Crippen molar-refractivity contribution in [2.24, 2.45) is 0 Å². The van der Waals surface area contributed by atoms with Gasteiger partial charge in [-0.15, -0.1) is 0 Å². The van der Waals surface area contributed by atoms with Crippen LogP contribution >= 0.6 is 0 Å². The van der Waals surface area contributed by atoms with Gasteiger partial charge in [0.05, 0.1) is 22.1 Å². The summed E-state index contributed by atoms with van der Waals surface area (Å²) >= 11 is 0. The van der Waals surface area contributed by atoms with Gasteiger partial charge in [0, 0.05) is 47.5 Å². The first-order chi connectivity index (χ1) is 14.7. The number of benzene rings is 4. The summed E-state index contributed by atoms with van der Waals surface area (Å²) in [7, 11) is 4.25. The summed E-state index contributed by atoms with van der Waals surface area (Å²) in [6, 6.07) is 26.4. The third-order valence-corrected chi connectivity index (χ3v) is 6.48. The quantitative estimate of drug-likeness (QED) is 0.234. The fourth-order valence-corrected chi connectivity index (χ4v) is 5.21. The second-order valence-corrected chi connectivity index (χ2v) is 8.34. The van der Waals surface area contributed by atoms with Gasteiger partial charge in [0.1, 0.15) is 0 Å². The Morgan fingerprint density at radius 2 is 1.47 bits per heavy atom. The lowest BCUT2D eigenvalue weighted by Gasteiger charge is -2.18. The van der Waals surface area contributed by atoms with E-state index in [1.54, 1.807) is 0 Å². The van der Waals surface area contributed by atoms with Crippen molar-refractivity contribution in [1.82, 2.24) is 9.38 Å². The maximum atomic E-state index is 4.89. The topological polar surface area (TPSA) is 20.5 Å². The van der Waals surface area contributed by atoms with Gasteiger partial charge in [0.2, 0.25) is 0 Å². The molecule has 0 saturated heterocycles. The molecule has 142 valence electrons. The van der Waals surface area contributed by atoms with E-state index in [-0.39, 0.29) is 0 Å². The molecule has 3 aromatic heterocycles. The van der Waals surface area contributed by atoms with Crippen LogP contribution in [0.3, 0.4) is 0 Å². The molecule has 3 nitrogen and oxygen atoms in total. The van der Waals surface area contributed by atoms with Gasteiger partial charge in [-0.1, -0.05) is 42.5 Å². The van der Waals surface area contributed by atoms with Crippen LogP contribution in [0.15, 0.2) is 79.0 Å². The minimum Gasteiger partial charge on any atom is -0.377 e. The molecule has 0 spiro atoms. The molecule has 0 unspecified atom stereocenters. The predicted octanol–water partition coefficient (Wildman–Crippen LogP) is 6.60. The van der Waals surface area contributed by atoms with Crippen molar-refractivity contribution in [2.45, 2.75) is 0 Å². The second kappa shape index (κ2) is 5.39. The molecule has 0 fully saturated rings. The van der Waals surface area contributed by atoms with E-state index in [1.165, 1.54) is 59.9 Å². The molecule has 7 aromatic rings. The molecule has 3 heterocycles. The molecular formula is C27H19N3. The molecule has 30 heavy (non-hydrogen) atoms. The lowest BCUT2D eigenvalue weighted by Crippen LogP contribution is -2.09. The third kappa shape index (κ3) is 1.83. The molecule has 0 saturated carbocycles. The fourth-order valence-electron chi connectivity index (χ4n) is 5.21. The first-order valence-electron chi connectivity index (χ1n) is 10.3. The second-order valence-electron chi connectivity index (χ2n) is 8.34. The number of pyridine rings is 2. The average Bonchev–Trinajstić information content (AvgIpc) is 3.13. The zero-order valence-corrected chi connectivity index (χ0v) is 16.8. The van der Waals surface area contributed by atoms with E-state index < -0.39 is 0 Å². The van der Waals surface area contributed by atoms with Gasteiger partial charge < -0.3 is 9.30 Å². The number of nitrogens with zero attached hydrogens (tertiary/aromatic N) is 3. The highest BCUT2D eigenvalue weighted by molar-refractivity contribution is 6.31. The summed E-state index contributed by atoms with van der Waals surface area (Å²) < 4.78 is 2.45. The number of anilines is 1.